The number of nitrogens with zero attached hydrogens (tertiary/aromatic N) is 1. The molecule has 0 atom stereocenters. The van der Waals surface area contributed by atoms with Gasteiger partial charge in [0.1, 0.15) is 0 Å². The molecule has 2 rings (SSSR count). The van der Waals surface area contributed by atoms with Crippen molar-refractivity contribution < 1.29 is 14.3 Å². The molecule has 5 heteroatoms. The third-order valence-corrected chi connectivity index (χ3v) is 3.54. The van der Waals surface area contributed by atoms with Crippen molar-refractivity contribution in [3.63, 3.8) is 0 Å². The maximum atomic E-state index is 12.5. The van der Waals surface area contributed by atoms with E-state index in [2.05, 4.69) is 0 Å². The van der Waals surface area contributed by atoms with Crippen LogP contribution in [0.4, 0.5) is 5.69 Å². The van der Waals surface area contributed by atoms with Gasteiger partial charge in [-0.3, -0.25) is 4.79 Å². The summed E-state index contributed by atoms with van der Waals surface area (Å²) in [5, 5.41) is 0. The molecule has 5 nitrogen and oxygen atoms in total. The summed E-state index contributed by atoms with van der Waals surface area (Å²) >= 11 is 0. The number of amides is 1. The highest BCUT2D eigenvalue weighted by molar-refractivity contribution is 5.98. The van der Waals surface area contributed by atoms with Crippen molar-refractivity contribution in [1.82, 2.24) is 4.90 Å². The number of anilines is 1. The summed E-state index contributed by atoms with van der Waals surface area (Å²) in [5.74, 6) is 0.391. The number of hydrogen-bond acceptors (Lipinski definition) is 4. The van der Waals surface area contributed by atoms with Crippen molar-refractivity contribution >= 4 is 11.6 Å². The minimum absolute atomic E-state index is 0.0592. The van der Waals surface area contributed by atoms with Crippen LogP contribution in [0.1, 0.15) is 23.2 Å². The fourth-order valence-electron chi connectivity index (χ4n) is 2.38. The number of ether oxygens (including phenoxy) is 2. The van der Waals surface area contributed by atoms with Crippen LogP contribution in [-0.4, -0.2) is 44.2 Å². The van der Waals surface area contributed by atoms with Gasteiger partial charge in [0.05, 0.1) is 18.4 Å². The molecule has 1 aliphatic heterocycles. The van der Waals surface area contributed by atoms with Crippen LogP contribution in [0.2, 0.25) is 0 Å². The minimum Gasteiger partial charge on any atom is -0.494 e. The van der Waals surface area contributed by atoms with Crippen molar-refractivity contribution in [3.8, 4) is 5.75 Å². The highest BCUT2D eigenvalue weighted by Gasteiger charge is 2.25. The van der Waals surface area contributed by atoms with Crippen LogP contribution >= 0.6 is 0 Å². The Morgan fingerprint density at radius 3 is 2.74 bits per heavy atom. The Hall–Kier alpha value is -1.75. The Morgan fingerprint density at radius 2 is 2.11 bits per heavy atom. The summed E-state index contributed by atoms with van der Waals surface area (Å²) in [6.07, 6.45) is 1.74. The van der Waals surface area contributed by atoms with Gasteiger partial charge in [0.2, 0.25) is 0 Å². The third kappa shape index (κ3) is 2.81. The molecule has 0 spiro atoms. The second kappa shape index (κ2) is 5.93. The first-order valence-corrected chi connectivity index (χ1v) is 6.42. The zero-order valence-corrected chi connectivity index (χ0v) is 11.4. The van der Waals surface area contributed by atoms with E-state index in [4.69, 9.17) is 15.2 Å². The van der Waals surface area contributed by atoms with Gasteiger partial charge in [-0.25, -0.2) is 0 Å². The highest BCUT2D eigenvalue weighted by Crippen LogP contribution is 2.28. The molecule has 0 saturated carbocycles. The van der Waals surface area contributed by atoms with Crippen LogP contribution in [0.3, 0.4) is 0 Å². The first kappa shape index (κ1) is 13.7. The molecule has 1 amide bonds. The number of carbonyl (C=O) groups excluding carboxylic acids is 1. The molecular weight excluding hydrogens is 244 g/mol. The number of nitrogens with two attached hydrogens (primary N) is 1. The molecule has 1 aromatic carbocycles. The van der Waals surface area contributed by atoms with Crippen molar-refractivity contribution in [2.45, 2.75) is 18.9 Å². The predicted molar refractivity (Wildman–Crippen MR) is 73.3 cm³/mol. The number of hydrogen-bond donors (Lipinski definition) is 1. The van der Waals surface area contributed by atoms with Crippen molar-refractivity contribution in [1.29, 1.82) is 0 Å². The summed E-state index contributed by atoms with van der Waals surface area (Å²) in [6, 6.07) is 5.45. The standard InChI is InChI=1S/C14H20N2O3/c1-16(10-6-8-19-9-7-10)14(17)11-4-3-5-12(15)13(11)18-2/h3-5,10H,6-9,15H2,1-2H3. The lowest BCUT2D eigenvalue weighted by molar-refractivity contribution is 0.0360. The molecule has 19 heavy (non-hydrogen) atoms. The van der Waals surface area contributed by atoms with Gasteiger partial charge in [-0.15, -0.1) is 0 Å². The molecule has 1 heterocycles. The van der Waals surface area contributed by atoms with E-state index in [1.165, 1.54) is 7.11 Å². The Kier molecular flexibility index (Phi) is 4.27. The quantitative estimate of drug-likeness (QED) is 0.841. The molecule has 0 aromatic heterocycles. The average molecular weight is 264 g/mol. The molecule has 0 unspecified atom stereocenters. The number of methoxy groups -OCH3 is 1. The molecule has 0 aliphatic carbocycles. The van der Waals surface area contributed by atoms with Gasteiger partial charge in [0.25, 0.3) is 5.91 Å². The van der Waals surface area contributed by atoms with Gasteiger partial charge in [-0.2, -0.15) is 0 Å². The summed E-state index contributed by atoms with van der Waals surface area (Å²) in [6.45, 7) is 1.41. The second-order valence-electron chi connectivity index (χ2n) is 4.69. The first-order valence-electron chi connectivity index (χ1n) is 6.42. The summed E-state index contributed by atoms with van der Waals surface area (Å²) < 4.78 is 10.6. The fourth-order valence-corrected chi connectivity index (χ4v) is 2.38. The summed E-state index contributed by atoms with van der Waals surface area (Å²) in [5.41, 5.74) is 6.82. The number of carbonyl (C=O) groups is 1. The van der Waals surface area contributed by atoms with E-state index >= 15 is 0 Å². The minimum atomic E-state index is -0.0592. The smallest absolute Gasteiger partial charge is 0.257 e. The predicted octanol–water partition coefficient (Wildman–Crippen LogP) is 1.53. The monoisotopic (exact) mass is 264 g/mol. The topological polar surface area (TPSA) is 64.8 Å². The van der Waals surface area contributed by atoms with Crippen LogP contribution in [0.5, 0.6) is 5.75 Å². The maximum Gasteiger partial charge on any atom is 0.257 e. The Balaban J connectivity index is 2.21. The molecule has 2 N–H and O–H groups in total. The Morgan fingerprint density at radius 1 is 1.42 bits per heavy atom. The van der Waals surface area contributed by atoms with Gasteiger partial charge in [-0.05, 0) is 25.0 Å². The molecule has 1 aromatic rings. The van der Waals surface area contributed by atoms with Gasteiger partial charge in [0.15, 0.2) is 5.75 Å². The fraction of sp³-hybridized carbons (Fsp3) is 0.500. The largest absolute Gasteiger partial charge is 0.494 e. The lowest BCUT2D eigenvalue weighted by atomic mass is 10.1. The molecule has 104 valence electrons. The number of para-hydroxylation sites is 1. The molecule has 1 fully saturated rings. The second-order valence-corrected chi connectivity index (χ2v) is 4.69. The SMILES string of the molecule is COc1c(N)cccc1C(=O)N(C)C1CCOCC1. The van der Waals surface area contributed by atoms with Gasteiger partial charge >= 0.3 is 0 Å². The first-order chi connectivity index (χ1) is 9.15. The normalized spacial score (nSPS) is 16.1. The van der Waals surface area contributed by atoms with Crippen LogP contribution < -0.4 is 10.5 Å². The third-order valence-electron chi connectivity index (χ3n) is 3.54. The molecular formula is C14H20N2O3. The lowest BCUT2D eigenvalue weighted by Crippen LogP contribution is -2.40. The van der Waals surface area contributed by atoms with Crippen LogP contribution in [0.15, 0.2) is 18.2 Å². The number of rotatable bonds is 3. The molecule has 0 radical (unpaired) electrons. The molecule has 1 saturated heterocycles. The average Bonchev–Trinajstić information content (AvgIpc) is 2.46. The summed E-state index contributed by atoms with van der Waals surface area (Å²) in [4.78, 5) is 14.3. The maximum absolute atomic E-state index is 12.5. The zero-order valence-electron chi connectivity index (χ0n) is 11.4. The Labute approximate surface area is 113 Å². The van der Waals surface area contributed by atoms with Gasteiger partial charge in [-0.1, -0.05) is 6.07 Å². The van der Waals surface area contributed by atoms with Crippen LogP contribution in [-0.2, 0) is 4.74 Å². The Bertz CT molecular complexity index is 456. The van der Waals surface area contributed by atoms with Crippen molar-refractivity contribution in [2.24, 2.45) is 0 Å². The van der Waals surface area contributed by atoms with Crippen molar-refractivity contribution in [3.05, 3.63) is 23.8 Å². The van der Waals surface area contributed by atoms with E-state index in [0.717, 1.165) is 12.8 Å². The highest BCUT2D eigenvalue weighted by atomic mass is 16.5. The van der Waals surface area contributed by atoms with Crippen LogP contribution in [0.25, 0.3) is 0 Å². The van der Waals surface area contributed by atoms with E-state index in [1.54, 1.807) is 23.1 Å². The number of benzene rings is 1. The van der Waals surface area contributed by atoms with Gasteiger partial charge < -0.3 is 20.1 Å². The number of nitrogen functional groups attached to an aromatic ring is 1. The molecule has 0 bridgehead atoms. The van der Waals surface area contributed by atoms with Gasteiger partial charge in [0, 0.05) is 26.3 Å². The summed E-state index contributed by atoms with van der Waals surface area (Å²) in [7, 11) is 3.35. The van der Waals surface area contributed by atoms with E-state index in [-0.39, 0.29) is 11.9 Å². The lowest BCUT2D eigenvalue weighted by Gasteiger charge is -2.31. The van der Waals surface area contributed by atoms with E-state index in [0.29, 0.717) is 30.2 Å². The van der Waals surface area contributed by atoms with Crippen molar-refractivity contribution in [2.75, 3.05) is 33.1 Å². The van der Waals surface area contributed by atoms with E-state index in [1.807, 2.05) is 7.05 Å². The van der Waals surface area contributed by atoms with E-state index in [9.17, 15) is 4.79 Å². The molecule has 1 aliphatic rings. The zero-order chi connectivity index (χ0) is 13.8. The van der Waals surface area contributed by atoms with E-state index < -0.39 is 0 Å². The van der Waals surface area contributed by atoms with Crippen LogP contribution in [0, 0.1) is 0 Å².